The molecular formula is C14H24N4O. The summed E-state index contributed by atoms with van der Waals surface area (Å²) in [6.07, 6.45) is 5.95. The molecule has 0 saturated carbocycles. The number of hydrogen-bond donors (Lipinski definition) is 2. The van der Waals surface area contributed by atoms with Crippen LogP contribution in [0.5, 0.6) is 0 Å². The summed E-state index contributed by atoms with van der Waals surface area (Å²) in [6, 6.07) is 2.11. The molecule has 3 heterocycles. The van der Waals surface area contributed by atoms with Gasteiger partial charge >= 0.3 is 0 Å². The van der Waals surface area contributed by atoms with Crippen molar-refractivity contribution in [3.63, 3.8) is 0 Å². The van der Waals surface area contributed by atoms with E-state index in [0.717, 1.165) is 26.1 Å². The molecule has 2 aliphatic rings. The average Bonchev–Trinajstić information content (AvgIpc) is 3.01. The third-order valence-electron chi connectivity index (χ3n) is 4.30. The van der Waals surface area contributed by atoms with E-state index in [1.54, 1.807) is 0 Å². The summed E-state index contributed by atoms with van der Waals surface area (Å²) in [5.74, 6) is 0.648. The minimum atomic E-state index is 0.415. The van der Waals surface area contributed by atoms with Gasteiger partial charge < -0.3 is 15.0 Å². The van der Waals surface area contributed by atoms with Crippen molar-refractivity contribution in [1.82, 2.24) is 20.4 Å². The minimum absolute atomic E-state index is 0.415. The maximum absolute atomic E-state index is 5.75. The lowest BCUT2D eigenvalue weighted by Gasteiger charge is -2.32. The Balaban J connectivity index is 1.38. The van der Waals surface area contributed by atoms with Crippen LogP contribution in [0.1, 0.15) is 30.9 Å². The van der Waals surface area contributed by atoms with Crippen molar-refractivity contribution < 1.29 is 4.74 Å². The van der Waals surface area contributed by atoms with E-state index in [2.05, 4.69) is 26.5 Å². The summed E-state index contributed by atoms with van der Waals surface area (Å²) in [5.41, 5.74) is 1.24. The van der Waals surface area contributed by atoms with Gasteiger partial charge in [0.05, 0.1) is 18.4 Å². The van der Waals surface area contributed by atoms with Gasteiger partial charge in [0.2, 0.25) is 0 Å². The van der Waals surface area contributed by atoms with Crippen LogP contribution >= 0.6 is 0 Å². The number of aromatic nitrogens is 2. The molecule has 1 aromatic heterocycles. The quantitative estimate of drug-likeness (QED) is 0.851. The minimum Gasteiger partial charge on any atom is -0.376 e. The summed E-state index contributed by atoms with van der Waals surface area (Å²) in [4.78, 5) is 2.57. The molecule has 1 atom stereocenters. The topological polar surface area (TPSA) is 53.2 Å². The standard InChI is InChI=1S/C14H24N4O/c1-5-16-17-14(1)12-2-7-18(8-3-12)9-4-13-11-15-6-10-19-13/h1,5,12-13,15H,2-4,6-11H2,(H,16,17). The number of nitrogens with one attached hydrogen (secondary N) is 2. The van der Waals surface area contributed by atoms with Gasteiger partial charge in [-0.1, -0.05) is 0 Å². The summed E-state index contributed by atoms with van der Waals surface area (Å²) < 4.78 is 5.75. The van der Waals surface area contributed by atoms with Crippen LogP contribution in [0.4, 0.5) is 0 Å². The molecule has 2 saturated heterocycles. The third kappa shape index (κ3) is 3.55. The monoisotopic (exact) mass is 264 g/mol. The van der Waals surface area contributed by atoms with E-state index in [4.69, 9.17) is 4.74 Å². The highest BCUT2D eigenvalue weighted by atomic mass is 16.5. The number of nitrogens with zero attached hydrogens (tertiary/aromatic N) is 2. The van der Waals surface area contributed by atoms with Crippen LogP contribution in [0.2, 0.25) is 0 Å². The van der Waals surface area contributed by atoms with Crippen LogP contribution in [-0.4, -0.2) is 60.5 Å². The van der Waals surface area contributed by atoms with Crippen molar-refractivity contribution in [2.45, 2.75) is 31.3 Å². The first-order chi connectivity index (χ1) is 9.42. The van der Waals surface area contributed by atoms with Crippen LogP contribution in [0.3, 0.4) is 0 Å². The highest BCUT2D eigenvalue weighted by Crippen LogP contribution is 2.26. The zero-order valence-corrected chi connectivity index (χ0v) is 11.5. The largest absolute Gasteiger partial charge is 0.376 e. The number of aromatic amines is 1. The molecule has 0 radical (unpaired) electrons. The molecular weight excluding hydrogens is 240 g/mol. The Bertz CT molecular complexity index is 354. The molecule has 0 aliphatic carbocycles. The maximum Gasteiger partial charge on any atom is 0.0712 e. The van der Waals surface area contributed by atoms with Crippen LogP contribution in [-0.2, 0) is 4.74 Å². The summed E-state index contributed by atoms with van der Waals surface area (Å²) in [7, 11) is 0. The van der Waals surface area contributed by atoms with Gasteiger partial charge in [0, 0.05) is 31.7 Å². The van der Waals surface area contributed by atoms with E-state index in [-0.39, 0.29) is 0 Å². The molecule has 19 heavy (non-hydrogen) atoms. The van der Waals surface area contributed by atoms with Crippen molar-refractivity contribution in [3.05, 3.63) is 18.0 Å². The fourth-order valence-electron chi connectivity index (χ4n) is 3.08. The molecule has 0 spiro atoms. The molecule has 1 unspecified atom stereocenters. The van der Waals surface area contributed by atoms with Crippen molar-refractivity contribution in [1.29, 1.82) is 0 Å². The van der Waals surface area contributed by atoms with Crippen LogP contribution in [0.15, 0.2) is 12.3 Å². The Labute approximate surface area is 114 Å². The number of H-pyrrole nitrogens is 1. The molecule has 0 aromatic carbocycles. The molecule has 106 valence electrons. The molecule has 0 amide bonds. The zero-order chi connectivity index (χ0) is 12.9. The second-order valence-electron chi connectivity index (χ2n) is 5.60. The van der Waals surface area contributed by atoms with Gasteiger partial charge in [-0.3, -0.25) is 5.10 Å². The van der Waals surface area contributed by atoms with Gasteiger partial charge in [-0.15, -0.1) is 0 Å². The lowest BCUT2D eigenvalue weighted by molar-refractivity contribution is 0.0159. The second kappa shape index (κ2) is 6.50. The summed E-state index contributed by atoms with van der Waals surface area (Å²) in [6.45, 7) is 6.44. The lowest BCUT2D eigenvalue weighted by atomic mass is 9.93. The van der Waals surface area contributed by atoms with E-state index in [1.165, 1.54) is 38.2 Å². The number of likely N-dealkylation sites (tertiary alicyclic amines) is 1. The fourth-order valence-corrected chi connectivity index (χ4v) is 3.08. The first kappa shape index (κ1) is 13.1. The van der Waals surface area contributed by atoms with Gasteiger partial charge in [-0.25, -0.2) is 0 Å². The number of piperidine rings is 1. The Morgan fingerprint density at radius 1 is 1.37 bits per heavy atom. The van der Waals surface area contributed by atoms with Gasteiger partial charge in [-0.2, -0.15) is 5.10 Å². The molecule has 2 fully saturated rings. The summed E-state index contributed by atoms with van der Waals surface area (Å²) in [5, 5.41) is 10.6. The molecule has 3 rings (SSSR count). The van der Waals surface area contributed by atoms with Crippen molar-refractivity contribution in [3.8, 4) is 0 Å². The Hall–Kier alpha value is -0.910. The Morgan fingerprint density at radius 2 is 2.26 bits per heavy atom. The van der Waals surface area contributed by atoms with Crippen LogP contribution in [0, 0.1) is 0 Å². The predicted octanol–water partition coefficient (Wildman–Crippen LogP) is 0.968. The number of rotatable bonds is 4. The molecule has 0 bridgehead atoms. The van der Waals surface area contributed by atoms with E-state index in [1.807, 2.05) is 6.20 Å². The van der Waals surface area contributed by atoms with E-state index < -0.39 is 0 Å². The molecule has 5 nitrogen and oxygen atoms in total. The first-order valence-corrected chi connectivity index (χ1v) is 7.46. The van der Waals surface area contributed by atoms with Gasteiger partial charge in [0.15, 0.2) is 0 Å². The van der Waals surface area contributed by atoms with E-state index in [0.29, 0.717) is 12.0 Å². The second-order valence-corrected chi connectivity index (χ2v) is 5.60. The van der Waals surface area contributed by atoms with Crippen LogP contribution in [0.25, 0.3) is 0 Å². The van der Waals surface area contributed by atoms with Crippen LogP contribution < -0.4 is 5.32 Å². The SMILES string of the molecule is c1cc(C2CCN(CCC3CNCCO3)CC2)n[nH]1. The lowest BCUT2D eigenvalue weighted by Crippen LogP contribution is -2.41. The Kier molecular flexibility index (Phi) is 4.48. The highest BCUT2D eigenvalue weighted by Gasteiger charge is 2.22. The first-order valence-electron chi connectivity index (χ1n) is 7.46. The molecule has 5 heteroatoms. The number of hydrogen-bond acceptors (Lipinski definition) is 4. The van der Waals surface area contributed by atoms with Gasteiger partial charge in [0.1, 0.15) is 0 Å². The highest BCUT2D eigenvalue weighted by molar-refractivity contribution is 5.06. The van der Waals surface area contributed by atoms with Crippen molar-refractivity contribution in [2.75, 3.05) is 39.3 Å². The maximum atomic E-state index is 5.75. The number of ether oxygens (including phenoxy) is 1. The van der Waals surface area contributed by atoms with E-state index >= 15 is 0 Å². The smallest absolute Gasteiger partial charge is 0.0712 e. The normalized spacial score (nSPS) is 26.6. The van der Waals surface area contributed by atoms with Crippen molar-refractivity contribution >= 4 is 0 Å². The molecule has 2 N–H and O–H groups in total. The van der Waals surface area contributed by atoms with Gasteiger partial charge in [-0.05, 0) is 38.4 Å². The average molecular weight is 264 g/mol. The zero-order valence-electron chi connectivity index (χ0n) is 11.5. The number of morpholine rings is 1. The van der Waals surface area contributed by atoms with Crippen molar-refractivity contribution in [2.24, 2.45) is 0 Å². The van der Waals surface area contributed by atoms with E-state index in [9.17, 15) is 0 Å². The predicted molar refractivity (Wildman–Crippen MR) is 74.2 cm³/mol. The van der Waals surface area contributed by atoms with Gasteiger partial charge in [0.25, 0.3) is 0 Å². The summed E-state index contributed by atoms with van der Waals surface area (Å²) >= 11 is 0. The molecule has 2 aliphatic heterocycles. The Morgan fingerprint density at radius 3 is 2.95 bits per heavy atom. The third-order valence-corrected chi connectivity index (χ3v) is 4.30. The molecule has 1 aromatic rings. The fraction of sp³-hybridized carbons (Fsp3) is 0.786.